The quantitative estimate of drug-likeness (QED) is 0.614. The molecule has 6 nitrogen and oxygen atoms in total. The van der Waals surface area contributed by atoms with E-state index >= 15 is 0 Å². The molecule has 1 unspecified atom stereocenters. The number of carbonyl (C=O) groups excluding carboxylic acids is 1. The van der Waals surface area contributed by atoms with Crippen LogP contribution in [0.4, 0.5) is 0 Å². The molecule has 0 spiro atoms. The normalized spacial score (nSPS) is 26.7. The number of likely N-dealkylation sites (tertiary alicyclic amines) is 1. The van der Waals surface area contributed by atoms with E-state index in [1.807, 2.05) is 4.90 Å². The summed E-state index contributed by atoms with van der Waals surface area (Å²) < 4.78 is 4.91. The number of hydrogen-bond acceptors (Lipinski definition) is 5. The van der Waals surface area contributed by atoms with Gasteiger partial charge in [0.15, 0.2) is 0 Å². The molecule has 0 aromatic rings. The first-order valence-electron chi connectivity index (χ1n) is 5.15. The molecule has 16 heavy (non-hydrogen) atoms. The maximum absolute atomic E-state index is 10.9. The predicted octanol–water partition coefficient (Wildman–Crippen LogP) is -0.574. The molecule has 1 aliphatic rings. The van der Waals surface area contributed by atoms with Crippen molar-refractivity contribution in [3.05, 3.63) is 0 Å². The lowest BCUT2D eigenvalue weighted by Gasteiger charge is -2.29. The molecule has 1 aliphatic heterocycles. The smallest absolute Gasteiger partial charge is 0.325 e. The van der Waals surface area contributed by atoms with Crippen LogP contribution in [0.15, 0.2) is 0 Å². The monoisotopic (exact) mass is 230 g/mol. The lowest BCUT2D eigenvalue weighted by Crippen LogP contribution is -2.51. The van der Waals surface area contributed by atoms with Crippen LogP contribution < -0.4 is 5.73 Å². The van der Waals surface area contributed by atoms with Gasteiger partial charge in [-0.15, -0.1) is 0 Å². The van der Waals surface area contributed by atoms with Crippen LogP contribution in [-0.4, -0.2) is 53.2 Å². The standard InChI is InChI=1S/C10H18N2O4/c1-9(2,16-7-13)5-12-4-3-10(11,6-12)8(14)15/h7H,3-6,11H2,1-2H3,(H,14,15). The number of nitrogens with two attached hydrogens (primary N) is 1. The molecule has 1 saturated heterocycles. The van der Waals surface area contributed by atoms with Crippen molar-refractivity contribution in [3.8, 4) is 0 Å². The molecule has 1 heterocycles. The van der Waals surface area contributed by atoms with Gasteiger partial charge in [0.05, 0.1) is 0 Å². The van der Waals surface area contributed by atoms with Crippen LogP contribution in [-0.2, 0) is 14.3 Å². The first-order chi connectivity index (χ1) is 7.29. The van der Waals surface area contributed by atoms with Crippen LogP contribution in [0.2, 0.25) is 0 Å². The van der Waals surface area contributed by atoms with Crippen molar-refractivity contribution in [2.24, 2.45) is 5.73 Å². The van der Waals surface area contributed by atoms with Crippen molar-refractivity contribution in [1.82, 2.24) is 4.90 Å². The van der Waals surface area contributed by atoms with E-state index in [2.05, 4.69) is 0 Å². The molecule has 0 saturated carbocycles. The second kappa shape index (κ2) is 4.39. The highest BCUT2D eigenvalue weighted by Gasteiger charge is 2.42. The van der Waals surface area contributed by atoms with Crippen LogP contribution in [0.3, 0.4) is 0 Å². The summed E-state index contributed by atoms with van der Waals surface area (Å²) in [5, 5.41) is 8.95. The number of nitrogens with zero attached hydrogens (tertiary/aromatic N) is 1. The molecule has 0 radical (unpaired) electrons. The van der Waals surface area contributed by atoms with Crippen molar-refractivity contribution < 1.29 is 19.4 Å². The van der Waals surface area contributed by atoms with E-state index in [4.69, 9.17) is 15.6 Å². The Morgan fingerprint density at radius 2 is 2.31 bits per heavy atom. The van der Waals surface area contributed by atoms with Gasteiger partial charge in [0, 0.05) is 19.6 Å². The summed E-state index contributed by atoms with van der Waals surface area (Å²) in [6, 6.07) is 0. The highest BCUT2D eigenvalue weighted by atomic mass is 16.5. The predicted molar refractivity (Wildman–Crippen MR) is 56.8 cm³/mol. The van der Waals surface area contributed by atoms with Gasteiger partial charge < -0.3 is 15.6 Å². The molecular weight excluding hydrogens is 212 g/mol. The minimum absolute atomic E-state index is 0.286. The molecule has 0 aliphatic carbocycles. The molecule has 1 rings (SSSR count). The van der Waals surface area contributed by atoms with Gasteiger partial charge in [0.25, 0.3) is 6.47 Å². The van der Waals surface area contributed by atoms with Gasteiger partial charge in [-0.05, 0) is 20.3 Å². The average molecular weight is 230 g/mol. The van der Waals surface area contributed by atoms with Gasteiger partial charge >= 0.3 is 5.97 Å². The Morgan fingerprint density at radius 1 is 1.69 bits per heavy atom. The molecule has 6 heteroatoms. The summed E-state index contributed by atoms with van der Waals surface area (Å²) in [6.45, 7) is 5.33. The maximum atomic E-state index is 10.9. The Balaban J connectivity index is 2.54. The maximum Gasteiger partial charge on any atom is 0.325 e. The topological polar surface area (TPSA) is 92.9 Å². The Labute approximate surface area is 94.3 Å². The van der Waals surface area contributed by atoms with Gasteiger partial charge in [0.1, 0.15) is 11.1 Å². The van der Waals surface area contributed by atoms with Crippen LogP contribution in [0.1, 0.15) is 20.3 Å². The number of carbonyl (C=O) groups is 2. The van der Waals surface area contributed by atoms with Crippen molar-refractivity contribution in [2.45, 2.75) is 31.4 Å². The largest absolute Gasteiger partial charge is 0.480 e. The second-order valence-corrected chi connectivity index (χ2v) is 4.90. The number of aliphatic carboxylic acids is 1. The molecule has 3 N–H and O–H groups in total. The fraction of sp³-hybridized carbons (Fsp3) is 0.800. The fourth-order valence-corrected chi connectivity index (χ4v) is 1.93. The molecule has 0 aromatic heterocycles. The minimum atomic E-state index is -1.17. The number of hydrogen-bond donors (Lipinski definition) is 2. The number of rotatable bonds is 5. The van der Waals surface area contributed by atoms with E-state index in [-0.39, 0.29) is 6.54 Å². The van der Waals surface area contributed by atoms with E-state index in [1.54, 1.807) is 13.8 Å². The molecule has 1 atom stereocenters. The van der Waals surface area contributed by atoms with E-state index in [9.17, 15) is 9.59 Å². The zero-order chi connectivity index (χ0) is 12.4. The van der Waals surface area contributed by atoms with Crippen molar-refractivity contribution in [2.75, 3.05) is 19.6 Å². The van der Waals surface area contributed by atoms with Crippen LogP contribution in [0.5, 0.6) is 0 Å². The number of carboxylic acid groups (broad SMARTS) is 1. The van der Waals surface area contributed by atoms with Crippen molar-refractivity contribution in [1.29, 1.82) is 0 Å². The summed E-state index contributed by atoms with van der Waals surface area (Å²) in [7, 11) is 0. The third-order valence-corrected chi connectivity index (χ3v) is 2.78. The SMILES string of the molecule is CC(C)(CN1CCC(N)(C(=O)O)C1)OC=O. The Kier molecular flexibility index (Phi) is 3.54. The van der Waals surface area contributed by atoms with Crippen LogP contribution in [0.25, 0.3) is 0 Å². The first-order valence-corrected chi connectivity index (χ1v) is 5.15. The fourth-order valence-electron chi connectivity index (χ4n) is 1.93. The van der Waals surface area contributed by atoms with Crippen molar-refractivity contribution >= 4 is 12.4 Å². The lowest BCUT2D eigenvalue weighted by molar-refractivity contribution is -0.144. The minimum Gasteiger partial charge on any atom is -0.480 e. The van der Waals surface area contributed by atoms with Crippen LogP contribution in [0, 0.1) is 0 Å². The van der Waals surface area contributed by atoms with Gasteiger partial charge in [-0.3, -0.25) is 14.5 Å². The highest BCUT2D eigenvalue weighted by molar-refractivity contribution is 5.79. The molecule has 1 fully saturated rings. The van der Waals surface area contributed by atoms with E-state index < -0.39 is 17.1 Å². The summed E-state index contributed by atoms with van der Waals surface area (Å²) in [5.74, 6) is -0.982. The first kappa shape index (κ1) is 12.9. The van der Waals surface area contributed by atoms with E-state index in [0.29, 0.717) is 26.0 Å². The molecule has 92 valence electrons. The average Bonchev–Trinajstić information content (AvgIpc) is 2.47. The van der Waals surface area contributed by atoms with E-state index in [0.717, 1.165) is 0 Å². The van der Waals surface area contributed by atoms with Gasteiger partial charge in [-0.2, -0.15) is 0 Å². The second-order valence-electron chi connectivity index (χ2n) is 4.90. The third-order valence-electron chi connectivity index (χ3n) is 2.78. The summed E-state index contributed by atoms with van der Waals surface area (Å²) in [6.07, 6.45) is 0.416. The van der Waals surface area contributed by atoms with Crippen LogP contribution >= 0.6 is 0 Å². The summed E-state index contributed by atoms with van der Waals surface area (Å²) >= 11 is 0. The zero-order valence-corrected chi connectivity index (χ0v) is 9.60. The number of ether oxygens (including phenoxy) is 1. The molecule has 0 bridgehead atoms. The van der Waals surface area contributed by atoms with Gasteiger partial charge in [-0.1, -0.05) is 0 Å². The summed E-state index contributed by atoms with van der Waals surface area (Å²) in [4.78, 5) is 23.1. The lowest BCUT2D eigenvalue weighted by atomic mass is 10.0. The zero-order valence-electron chi connectivity index (χ0n) is 9.60. The molecule has 0 aromatic carbocycles. The van der Waals surface area contributed by atoms with Gasteiger partial charge in [-0.25, -0.2) is 0 Å². The van der Waals surface area contributed by atoms with Gasteiger partial charge in [0.2, 0.25) is 0 Å². The Morgan fingerprint density at radius 3 is 2.75 bits per heavy atom. The Hall–Kier alpha value is -1.14. The Bertz CT molecular complexity index is 293. The number of carboxylic acids is 1. The van der Waals surface area contributed by atoms with E-state index in [1.165, 1.54) is 0 Å². The molecular formula is C10H18N2O4. The molecule has 0 amide bonds. The summed E-state index contributed by atoms with van der Waals surface area (Å²) in [5.41, 5.74) is 3.94. The van der Waals surface area contributed by atoms with Crippen molar-refractivity contribution in [3.63, 3.8) is 0 Å². The third kappa shape index (κ3) is 2.93. The highest BCUT2D eigenvalue weighted by Crippen LogP contribution is 2.21.